The van der Waals surface area contributed by atoms with Gasteiger partial charge in [0.25, 0.3) is 0 Å². The molecule has 1 atom stereocenters. The molecule has 15 heavy (non-hydrogen) atoms. The lowest BCUT2D eigenvalue weighted by Crippen LogP contribution is -2.25. The van der Waals surface area contributed by atoms with Crippen molar-refractivity contribution in [1.29, 1.82) is 5.26 Å². The number of thiazole rings is 1. The fraction of sp³-hybridized carbons (Fsp3) is 0.500. The van der Waals surface area contributed by atoms with E-state index in [-0.39, 0.29) is 11.8 Å². The first kappa shape index (κ1) is 11.7. The van der Waals surface area contributed by atoms with Crippen LogP contribution >= 0.6 is 11.3 Å². The van der Waals surface area contributed by atoms with Gasteiger partial charge in [-0.1, -0.05) is 13.8 Å². The van der Waals surface area contributed by atoms with Gasteiger partial charge in [0.05, 0.1) is 6.07 Å². The van der Waals surface area contributed by atoms with Crippen molar-refractivity contribution in [3.63, 3.8) is 0 Å². The van der Waals surface area contributed by atoms with E-state index in [1.54, 1.807) is 6.20 Å². The highest BCUT2D eigenvalue weighted by Gasteiger charge is 2.22. The third-order valence-electron chi connectivity index (χ3n) is 1.94. The maximum absolute atomic E-state index is 11.6. The third kappa shape index (κ3) is 3.03. The number of anilines is 1. The van der Waals surface area contributed by atoms with Gasteiger partial charge in [-0.3, -0.25) is 4.79 Å². The van der Waals surface area contributed by atoms with Gasteiger partial charge >= 0.3 is 0 Å². The van der Waals surface area contributed by atoms with Gasteiger partial charge in [0.1, 0.15) is 5.92 Å². The molecule has 0 aromatic carbocycles. The highest BCUT2D eigenvalue weighted by molar-refractivity contribution is 7.15. The Balaban J connectivity index is 2.67. The van der Waals surface area contributed by atoms with Crippen LogP contribution in [0.15, 0.2) is 6.20 Å². The van der Waals surface area contributed by atoms with Crippen molar-refractivity contribution in [2.75, 3.05) is 5.32 Å². The molecule has 5 heteroatoms. The Hall–Kier alpha value is -1.41. The number of amides is 1. The first-order valence-corrected chi connectivity index (χ1v) is 5.49. The number of aromatic nitrogens is 1. The Morgan fingerprint density at radius 2 is 2.33 bits per heavy atom. The lowest BCUT2D eigenvalue weighted by molar-refractivity contribution is -0.119. The maximum atomic E-state index is 11.6. The average Bonchev–Trinajstić information content (AvgIpc) is 2.51. The maximum Gasteiger partial charge on any atom is 0.243 e. The van der Waals surface area contributed by atoms with Gasteiger partial charge in [-0.2, -0.15) is 5.26 Å². The van der Waals surface area contributed by atoms with Crippen LogP contribution in [0.5, 0.6) is 0 Å². The molecule has 0 bridgehead atoms. The van der Waals surface area contributed by atoms with Gasteiger partial charge in [-0.05, 0) is 12.8 Å². The van der Waals surface area contributed by atoms with Crippen LogP contribution in [-0.2, 0) is 4.79 Å². The van der Waals surface area contributed by atoms with Gasteiger partial charge in [0.2, 0.25) is 5.91 Å². The quantitative estimate of drug-likeness (QED) is 0.854. The van der Waals surface area contributed by atoms with Crippen LogP contribution in [0, 0.1) is 30.1 Å². The topological polar surface area (TPSA) is 65.8 Å². The van der Waals surface area contributed by atoms with Crippen LogP contribution in [0.1, 0.15) is 18.7 Å². The van der Waals surface area contributed by atoms with E-state index in [0.29, 0.717) is 5.13 Å². The fourth-order valence-electron chi connectivity index (χ4n) is 1.11. The van der Waals surface area contributed by atoms with Crippen molar-refractivity contribution in [1.82, 2.24) is 4.98 Å². The SMILES string of the molecule is Cc1cnc(NC(=O)C(C#N)C(C)C)s1. The second-order valence-electron chi connectivity index (χ2n) is 3.62. The van der Waals surface area contributed by atoms with Crippen molar-refractivity contribution < 1.29 is 4.79 Å². The van der Waals surface area contributed by atoms with Gasteiger partial charge in [-0.25, -0.2) is 4.98 Å². The summed E-state index contributed by atoms with van der Waals surface area (Å²) >= 11 is 1.40. The van der Waals surface area contributed by atoms with Gasteiger partial charge in [-0.15, -0.1) is 11.3 Å². The highest BCUT2D eigenvalue weighted by atomic mass is 32.1. The molecule has 0 saturated carbocycles. The Morgan fingerprint density at radius 3 is 2.73 bits per heavy atom. The number of nitrogens with zero attached hydrogens (tertiary/aromatic N) is 2. The number of carbonyl (C=O) groups excluding carboxylic acids is 1. The summed E-state index contributed by atoms with van der Waals surface area (Å²) in [5, 5.41) is 12.0. The minimum absolute atomic E-state index is 0.0102. The van der Waals surface area contributed by atoms with E-state index in [0.717, 1.165) is 4.88 Å². The summed E-state index contributed by atoms with van der Waals surface area (Å²) in [5.74, 6) is -0.882. The number of nitrogens with one attached hydrogen (secondary N) is 1. The molecule has 1 unspecified atom stereocenters. The monoisotopic (exact) mass is 223 g/mol. The highest BCUT2D eigenvalue weighted by Crippen LogP contribution is 2.19. The molecule has 0 saturated heterocycles. The van der Waals surface area contributed by atoms with Crippen molar-refractivity contribution in [2.45, 2.75) is 20.8 Å². The van der Waals surface area contributed by atoms with E-state index in [9.17, 15) is 4.79 Å². The minimum Gasteiger partial charge on any atom is -0.301 e. The second kappa shape index (κ2) is 4.89. The molecule has 0 aliphatic heterocycles. The van der Waals surface area contributed by atoms with Crippen molar-refractivity contribution >= 4 is 22.4 Å². The van der Waals surface area contributed by atoms with E-state index in [2.05, 4.69) is 10.3 Å². The van der Waals surface area contributed by atoms with Gasteiger partial charge < -0.3 is 5.32 Å². The van der Waals surface area contributed by atoms with Crippen LogP contribution in [-0.4, -0.2) is 10.9 Å². The Morgan fingerprint density at radius 1 is 1.67 bits per heavy atom. The van der Waals surface area contributed by atoms with Crippen LogP contribution < -0.4 is 5.32 Å². The zero-order chi connectivity index (χ0) is 11.4. The van der Waals surface area contributed by atoms with Gasteiger partial charge in [0, 0.05) is 11.1 Å². The summed E-state index contributed by atoms with van der Waals surface area (Å²) < 4.78 is 0. The first-order chi connectivity index (χ1) is 7.04. The molecule has 80 valence electrons. The van der Waals surface area contributed by atoms with E-state index in [4.69, 9.17) is 5.26 Å². The molecular formula is C10H13N3OS. The third-order valence-corrected chi connectivity index (χ3v) is 2.77. The smallest absolute Gasteiger partial charge is 0.243 e. The zero-order valence-corrected chi connectivity index (χ0v) is 9.76. The second-order valence-corrected chi connectivity index (χ2v) is 4.85. The predicted molar refractivity (Wildman–Crippen MR) is 59.4 cm³/mol. The fourth-order valence-corrected chi connectivity index (χ4v) is 1.77. The van der Waals surface area contributed by atoms with E-state index in [1.807, 2.05) is 26.8 Å². The number of hydrogen-bond donors (Lipinski definition) is 1. The Kier molecular flexibility index (Phi) is 3.81. The molecule has 1 N–H and O–H groups in total. The summed E-state index contributed by atoms with van der Waals surface area (Å²) in [6.07, 6.45) is 1.69. The first-order valence-electron chi connectivity index (χ1n) is 4.67. The predicted octanol–water partition coefficient (Wildman–Crippen LogP) is 2.19. The molecule has 0 fully saturated rings. The summed E-state index contributed by atoms with van der Waals surface area (Å²) in [7, 11) is 0. The molecular weight excluding hydrogens is 210 g/mol. The lowest BCUT2D eigenvalue weighted by atomic mass is 9.97. The van der Waals surface area contributed by atoms with Crippen molar-refractivity contribution in [2.24, 2.45) is 11.8 Å². The Labute approximate surface area is 92.9 Å². The van der Waals surface area contributed by atoms with Gasteiger partial charge in [0.15, 0.2) is 5.13 Å². The molecule has 0 aliphatic carbocycles. The normalized spacial score (nSPS) is 12.2. The number of nitriles is 1. The van der Waals surface area contributed by atoms with Crippen molar-refractivity contribution in [3.8, 4) is 6.07 Å². The molecule has 1 aromatic heterocycles. The van der Waals surface area contributed by atoms with Crippen LogP contribution in [0.2, 0.25) is 0 Å². The van der Waals surface area contributed by atoms with Crippen molar-refractivity contribution in [3.05, 3.63) is 11.1 Å². The van der Waals surface area contributed by atoms with E-state index in [1.165, 1.54) is 11.3 Å². The summed E-state index contributed by atoms with van der Waals surface area (Å²) in [6.45, 7) is 5.61. The number of hydrogen-bond acceptors (Lipinski definition) is 4. The molecule has 1 rings (SSSR count). The lowest BCUT2D eigenvalue weighted by Gasteiger charge is -2.11. The number of carbonyl (C=O) groups is 1. The summed E-state index contributed by atoms with van der Waals surface area (Å²) in [4.78, 5) is 16.7. The molecule has 1 heterocycles. The van der Waals surface area contributed by atoms with Crippen LogP contribution in [0.25, 0.3) is 0 Å². The Bertz CT molecular complexity index is 392. The van der Waals surface area contributed by atoms with E-state index < -0.39 is 5.92 Å². The minimum atomic E-state index is -0.616. The molecule has 1 amide bonds. The van der Waals surface area contributed by atoms with Crippen LogP contribution in [0.4, 0.5) is 5.13 Å². The number of rotatable bonds is 3. The standard InChI is InChI=1S/C10H13N3OS/c1-6(2)8(4-11)9(14)13-10-12-5-7(3)15-10/h5-6,8H,1-3H3,(H,12,13,14). The molecule has 1 aromatic rings. The molecule has 0 radical (unpaired) electrons. The van der Waals surface area contributed by atoms with E-state index >= 15 is 0 Å². The zero-order valence-electron chi connectivity index (χ0n) is 8.94. The summed E-state index contributed by atoms with van der Waals surface area (Å²) in [6, 6.07) is 1.99. The molecule has 0 spiro atoms. The van der Waals surface area contributed by atoms with Crippen LogP contribution in [0.3, 0.4) is 0 Å². The average molecular weight is 223 g/mol. The summed E-state index contributed by atoms with van der Waals surface area (Å²) in [5.41, 5.74) is 0. The molecule has 4 nitrogen and oxygen atoms in total. The molecule has 0 aliphatic rings. The number of aryl methyl sites for hydroxylation is 1. The largest absolute Gasteiger partial charge is 0.301 e.